The topological polar surface area (TPSA) is 54.5 Å². The van der Waals surface area contributed by atoms with Crippen LogP contribution in [0.25, 0.3) is 0 Å². The lowest BCUT2D eigenvalue weighted by Crippen LogP contribution is -2.45. The van der Waals surface area contributed by atoms with Crippen molar-refractivity contribution < 1.29 is 22.7 Å². The molecular weight excluding hydrogens is 383 g/mol. The summed E-state index contributed by atoms with van der Waals surface area (Å²) in [5.41, 5.74) is 2.98. The Hall–Kier alpha value is -2.61. The van der Waals surface area contributed by atoms with Crippen molar-refractivity contribution in [3.63, 3.8) is 0 Å². The van der Waals surface area contributed by atoms with Gasteiger partial charge in [-0.2, -0.15) is 13.2 Å². The number of carbonyl (C=O) groups is 1. The zero-order valence-corrected chi connectivity index (χ0v) is 16.2. The highest BCUT2D eigenvalue weighted by Crippen LogP contribution is 2.21. The third-order valence-electron chi connectivity index (χ3n) is 5.03. The number of aromatic nitrogens is 1. The molecule has 1 amide bonds. The average molecular weight is 407 g/mol. The summed E-state index contributed by atoms with van der Waals surface area (Å²) in [6, 6.07) is 11.3. The third kappa shape index (κ3) is 5.93. The second-order valence-electron chi connectivity index (χ2n) is 7.05. The van der Waals surface area contributed by atoms with Crippen molar-refractivity contribution in [1.82, 2.24) is 15.2 Å². The highest BCUT2D eigenvalue weighted by Gasteiger charge is 2.28. The van der Waals surface area contributed by atoms with E-state index < -0.39 is 12.8 Å². The minimum absolute atomic E-state index is 0.169. The fourth-order valence-corrected chi connectivity index (χ4v) is 3.43. The molecule has 1 unspecified atom stereocenters. The zero-order valence-electron chi connectivity index (χ0n) is 16.2. The van der Waals surface area contributed by atoms with E-state index in [0.29, 0.717) is 6.54 Å². The summed E-state index contributed by atoms with van der Waals surface area (Å²) in [5.74, 6) is -0.479. The molecule has 0 saturated carbocycles. The van der Waals surface area contributed by atoms with Crippen LogP contribution in [-0.4, -0.2) is 47.7 Å². The number of ether oxygens (including phenoxy) is 1. The smallest absolute Gasteiger partial charge is 0.422 e. The fraction of sp³-hybridized carbons (Fsp3) is 0.429. The fourth-order valence-electron chi connectivity index (χ4n) is 3.43. The first-order valence-corrected chi connectivity index (χ1v) is 9.60. The number of nitrogens with one attached hydrogen (secondary N) is 1. The number of fused-ring (bicyclic) bond motifs is 1. The van der Waals surface area contributed by atoms with Crippen LogP contribution in [0.3, 0.4) is 0 Å². The van der Waals surface area contributed by atoms with E-state index in [1.807, 2.05) is 6.07 Å². The predicted molar refractivity (Wildman–Crippen MR) is 103 cm³/mol. The zero-order chi connectivity index (χ0) is 20.9. The number of rotatable bonds is 7. The summed E-state index contributed by atoms with van der Waals surface area (Å²) in [6.45, 7) is 2.97. The Bertz CT molecular complexity index is 825. The second kappa shape index (κ2) is 9.26. The van der Waals surface area contributed by atoms with Gasteiger partial charge in [0.2, 0.25) is 5.88 Å². The first kappa shape index (κ1) is 21.1. The number of carbonyl (C=O) groups excluding carboxylic acids is 1. The van der Waals surface area contributed by atoms with Gasteiger partial charge in [0.15, 0.2) is 6.61 Å². The summed E-state index contributed by atoms with van der Waals surface area (Å²) in [5, 5.41) is 2.91. The van der Waals surface area contributed by atoms with Gasteiger partial charge in [0.25, 0.3) is 5.91 Å². The lowest BCUT2D eigenvalue weighted by Gasteiger charge is -2.35. The summed E-state index contributed by atoms with van der Waals surface area (Å²) in [7, 11) is 0. The monoisotopic (exact) mass is 407 g/mol. The van der Waals surface area contributed by atoms with Crippen LogP contribution >= 0.6 is 0 Å². The second-order valence-corrected chi connectivity index (χ2v) is 7.05. The van der Waals surface area contributed by atoms with Gasteiger partial charge < -0.3 is 10.1 Å². The predicted octanol–water partition coefficient (Wildman–Crippen LogP) is 3.59. The van der Waals surface area contributed by atoms with Crippen molar-refractivity contribution in [3.8, 4) is 5.88 Å². The molecule has 0 saturated heterocycles. The first-order valence-electron chi connectivity index (χ1n) is 9.60. The van der Waals surface area contributed by atoms with Gasteiger partial charge in [0, 0.05) is 37.9 Å². The SMILES string of the molecule is CCC(CNC(=O)c1ccc(OCC(F)(F)F)nc1)N1CCc2ccccc2C1. The molecule has 0 bridgehead atoms. The van der Waals surface area contributed by atoms with E-state index in [9.17, 15) is 18.0 Å². The van der Waals surface area contributed by atoms with Crippen LogP contribution in [0.15, 0.2) is 42.6 Å². The molecule has 156 valence electrons. The highest BCUT2D eigenvalue weighted by molar-refractivity contribution is 5.93. The van der Waals surface area contributed by atoms with Crippen molar-refractivity contribution in [2.24, 2.45) is 0 Å². The Morgan fingerprint density at radius 3 is 2.66 bits per heavy atom. The summed E-state index contributed by atoms with van der Waals surface area (Å²) < 4.78 is 41.1. The van der Waals surface area contributed by atoms with Crippen LogP contribution in [-0.2, 0) is 13.0 Å². The van der Waals surface area contributed by atoms with Crippen LogP contribution in [0.2, 0.25) is 0 Å². The van der Waals surface area contributed by atoms with Gasteiger partial charge in [-0.15, -0.1) is 0 Å². The third-order valence-corrected chi connectivity index (χ3v) is 5.03. The maximum Gasteiger partial charge on any atom is 0.422 e. The van der Waals surface area contributed by atoms with Crippen LogP contribution in [0.4, 0.5) is 13.2 Å². The van der Waals surface area contributed by atoms with Crippen LogP contribution < -0.4 is 10.1 Å². The number of pyridine rings is 1. The van der Waals surface area contributed by atoms with Gasteiger partial charge in [0.05, 0.1) is 5.56 Å². The molecule has 0 spiro atoms. The van der Waals surface area contributed by atoms with Crippen molar-refractivity contribution in [2.45, 2.75) is 38.5 Å². The molecule has 1 aromatic carbocycles. The van der Waals surface area contributed by atoms with Gasteiger partial charge in [-0.1, -0.05) is 31.2 Å². The minimum Gasteiger partial charge on any atom is -0.468 e. The Labute approximate surface area is 167 Å². The van der Waals surface area contributed by atoms with E-state index >= 15 is 0 Å². The quantitative estimate of drug-likeness (QED) is 0.762. The Balaban J connectivity index is 1.52. The molecule has 5 nitrogen and oxygen atoms in total. The van der Waals surface area contributed by atoms with Gasteiger partial charge in [-0.25, -0.2) is 4.98 Å². The molecule has 1 aromatic heterocycles. The van der Waals surface area contributed by atoms with E-state index in [1.54, 1.807) is 0 Å². The molecule has 1 N–H and O–H groups in total. The highest BCUT2D eigenvalue weighted by atomic mass is 19.4. The standard InChI is InChI=1S/C21H24F3N3O2/c1-2-18(27-10-9-15-5-3-4-6-17(15)13-27)12-26-20(28)16-7-8-19(25-11-16)29-14-21(22,23)24/h3-8,11,18H,2,9-10,12-14H2,1H3,(H,26,28). The number of nitrogens with zero attached hydrogens (tertiary/aromatic N) is 2. The Morgan fingerprint density at radius 2 is 2.00 bits per heavy atom. The minimum atomic E-state index is -4.43. The molecule has 3 rings (SSSR count). The molecule has 29 heavy (non-hydrogen) atoms. The normalized spacial score (nSPS) is 15.4. The van der Waals surface area contributed by atoms with Gasteiger partial charge in [-0.3, -0.25) is 9.69 Å². The number of alkyl halides is 3. The number of hydrogen-bond acceptors (Lipinski definition) is 4. The van der Waals surface area contributed by atoms with E-state index in [4.69, 9.17) is 0 Å². The van der Waals surface area contributed by atoms with E-state index in [2.05, 4.69) is 45.1 Å². The Morgan fingerprint density at radius 1 is 1.24 bits per heavy atom. The van der Waals surface area contributed by atoms with Crippen molar-refractivity contribution >= 4 is 5.91 Å². The number of amides is 1. The summed E-state index contributed by atoms with van der Waals surface area (Å²) in [6.07, 6.45) is -1.32. The first-order chi connectivity index (χ1) is 13.9. The van der Waals surface area contributed by atoms with E-state index in [1.165, 1.54) is 29.5 Å². The lowest BCUT2D eigenvalue weighted by molar-refractivity contribution is -0.154. The number of hydrogen-bond donors (Lipinski definition) is 1. The van der Waals surface area contributed by atoms with Crippen LogP contribution in [0, 0.1) is 0 Å². The number of halogens is 3. The maximum absolute atomic E-state index is 12.4. The largest absolute Gasteiger partial charge is 0.468 e. The van der Waals surface area contributed by atoms with E-state index in [0.717, 1.165) is 25.9 Å². The molecule has 2 heterocycles. The maximum atomic E-state index is 12.4. The molecule has 2 aromatic rings. The molecule has 0 fully saturated rings. The summed E-state index contributed by atoms with van der Waals surface area (Å²) >= 11 is 0. The van der Waals surface area contributed by atoms with Crippen molar-refractivity contribution in [2.75, 3.05) is 19.7 Å². The van der Waals surface area contributed by atoms with Crippen LogP contribution in [0.5, 0.6) is 5.88 Å². The molecule has 1 atom stereocenters. The van der Waals surface area contributed by atoms with E-state index in [-0.39, 0.29) is 23.4 Å². The van der Waals surface area contributed by atoms with Crippen molar-refractivity contribution in [3.05, 3.63) is 59.3 Å². The molecule has 1 aliphatic heterocycles. The Kier molecular flexibility index (Phi) is 6.74. The number of benzene rings is 1. The molecule has 1 aliphatic rings. The molecular formula is C21H24F3N3O2. The van der Waals surface area contributed by atoms with Crippen LogP contribution in [0.1, 0.15) is 34.8 Å². The van der Waals surface area contributed by atoms with Gasteiger partial charge in [-0.05, 0) is 30.0 Å². The van der Waals surface area contributed by atoms with Gasteiger partial charge >= 0.3 is 6.18 Å². The summed E-state index contributed by atoms with van der Waals surface area (Å²) in [4.78, 5) is 18.5. The molecule has 0 aliphatic carbocycles. The van der Waals surface area contributed by atoms with Gasteiger partial charge in [0.1, 0.15) is 0 Å². The lowest BCUT2D eigenvalue weighted by atomic mass is 9.98. The average Bonchev–Trinajstić information content (AvgIpc) is 2.72. The van der Waals surface area contributed by atoms with Crippen molar-refractivity contribution in [1.29, 1.82) is 0 Å². The molecule has 8 heteroatoms. The molecule has 0 radical (unpaired) electrons.